The summed E-state index contributed by atoms with van der Waals surface area (Å²) in [4.78, 5) is 0. The van der Waals surface area contributed by atoms with Crippen molar-refractivity contribution in [1.82, 2.24) is 0 Å². The van der Waals surface area contributed by atoms with Crippen molar-refractivity contribution >= 4 is 29.3 Å². The molecule has 0 aromatic heterocycles. The van der Waals surface area contributed by atoms with E-state index in [4.69, 9.17) is 28.9 Å². The fourth-order valence-corrected chi connectivity index (χ4v) is 1.36. The average Bonchev–Trinajstić information content (AvgIpc) is 2.02. The molecule has 0 saturated heterocycles. The second-order valence-electron chi connectivity index (χ2n) is 2.88. The molecular formula is C10H11Cl2N. The largest absolute Gasteiger partial charge is 0.325 e. The molecule has 0 amide bonds. The van der Waals surface area contributed by atoms with E-state index in [1.54, 1.807) is 12.1 Å². The van der Waals surface area contributed by atoms with Crippen molar-refractivity contribution in [3.63, 3.8) is 0 Å². The van der Waals surface area contributed by atoms with Crippen LogP contribution in [0.25, 0.3) is 6.08 Å². The first-order valence-electron chi connectivity index (χ1n) is 3.98. The van der Waals surface area contributed by atoms with Gasteiger partial charge in [-0.2, -0.15) is 0 Å². The molecule has 1 atom stereocenters. The van der Waals surface area contributed by atoms with E-state index < -0.39 is 0 Å². The van der Waals surface area contributed by atoms with Gasteiger partial charge in [0.2, 0.25) is 0 Å². The summed E-state index contributed by atoms with van der Waals surface area (Å²) in [6.45, 7) is 1.90. The van der Waals surface area contributed by atoms with Gasteiger partial charge in [0.15, 0.2) is 0 Å². The Morgan fingerprint density at radius 3 is 2.62 bits per heavy atom. The van der Waals surface area contributed by atoms with E-state index >= 15 is 0 Å². The van der Waals surface area contributed by atoms with Gasteiger partial charge in [0.25, 0.3) is 0 Å². The number of halogens is 2. The predicted octanol–water partition coefficient (Wildman–Crippen LogP) is 3.35. The Morgan fingerprint density at radius 2 is 2.08 bits per heavy atom. The molecule has 1 nitrogen and oxygen atoms in total. The Bertz CT molecular complexity index is 319. The second kappa shape index (κ2) is 4.66. The fourth-order valence-electron chi connectivity index (χ4n) is 0.892. The van der Waals surface area contributed by atoms with Crippen LogP contribution in [0.4, 0.5) is 0 Å². The molecule has 3 heteroatoms. The summed E-state index contributed by atoms with van der Waals surface area (Å²) in [6, 6.07) is 5.41. The highest BCUT2D eigenvalue weighted by atomic mass is 35.5. The molecule has 0 heterocycles. The lowest BCUT2D eigenvalue weighted by atomic mass is 10.2. The summed E-state index contributed by atoms with van der Waals surface area (Å²) < 4.78 is 0. The van der Waals surface area contributed by atoms with E-state index in [-0.39, 0.29) is 6.04 Å². The molecule has 0 fully saturated rings. The molecule has 2 N–H and O–H groups in total. The van der Waals surface area contributed by atoms with Gasteiger partial charge >= 0.3 is 0 Å². The molecule has 1 aromatic rings. The van der Waals surface area contributed by atoms with Crippen LogP contribution in [0.2, 0.25) is 10.0 Å². The molecule has 0 bridgehead atoms. The van der Waals surface area contributed by atoms with Gasteiger partial charge in [-0.05, 0) is 24.6 Å². The Balaban J connectivity index is 2.90. The summed E-state index contributed by atoms with van der Waals surface area (Å²) in [5.74, 6) is 0. The first kappa shape index (κ1) is 10.6. The minimum atomic E-state index is 0.0340. The molecule has 70 valence electrons. The van der Waals surface area contributed by atoms with Crippen LogP contribution in [0.15, 0.2) is 24.3 Å². The van der Waals surface area contributed by atoms with Gasteiger partial charge in [0, 0.05) is 16.1 Å². The van der Waals surface area contributed by atoms with Crippen LogP contribution in [-0.4, -0.2) is 6.04 Å². The topological polar surface area (TPSA) is 26.0 Å². The lowest BCUT2D eigenvalue weighted by Crippen LogP contribution is -2.09. The van der Waals surface area contributed by atoms with Gasteiger partial charge in [-0.1, -0.05) is 41.4 Å². The zero-order valence-corrected chi connectivity index (χ0v) is 8.81. The zero-order valence-electron chi connectivity index (χ0n) is 7.30. The van der Waals surface area contributed by atoms with Crippen LogP contribution in [0.3, 0.4) is 0 Å². The van der Waals surface area contributed by atoms with Gasteiger partial charge < -0.3 is 5.73 Å². The Hall–Kier alpha value is -0.500. The molecule has 1 aromatic carbocycles. The van der Waals surface area contributed by atoms with Crippen LogP contribution in [0.1, 0.15) is 12.5 Å². The highest BCUT2D eigenvalue weighted by Gasteiger charge is 1.97. The molecule has 0 spiro atoms. The smallest absolute Gasteiger partial charge is 0.0493 e. The van der Waals surface area contributed by atoms with E-state index in [9.17, 15) is 0 Å². The number of nitrogens with two attached hydrogens (primary N) is 1. The second-order valence-corrected chi connectivity index (χ2v) is 3.73. The van der Waals surface area contributed by atoms with E-state index in [0.717, 1.165) is 5.56 Å². The summed E-state index contributed by atoms with van der Waals surface area (Å²) in [6.07, 6.45) is 3.78. The van der Waals surface area contributed by atoms with Crippen LogP contribution >= 0.6 is 23.2 Å². The van der Waals surface area contributed by atoms with Gasteiger partial charge in [0.05, 0.1) is 0 Å². The molecule has 1 rings (SSSR count). The maximum Gasteiger partial charge on any atom is 0.0493 e. The van der Waals surface area contributed by atoms with Crippen molar-refractivity contribution in [2.75, 3.05) is 0 Å². The Labute approximate surface area is 88.1 Å². The van der Waals surface area contributed by atoms with E-state index in [2.05, 4.69) is 0 Å². The quantitative estimate of drug-likeness (QED) is 0.805. The normalized spacial score (nSPS) is 13.5. The lowest BCUT2D eigenvalue weighted by molar-refractivity contribution is 0.931. The fraction of sp³-hybridized carbons (Fsp3) is 0.200. The summed E-state index contributed by atoms with van der Waals surface area (Å²) in [5.41, 5.74) is 6.50. The molecular weight excluding hydrogens is 205 g/mol. The van der Waals surface area contributed by atoms with E-state index in [1.165, 1.54) is 0 Å². The summed E-state index contributed by atoms with van der Waals surface area (Å²) in [5, 5.41) is 1.28. The molecule has 0 aliphatic heterocycles. The number of hydrogen-bond donors (Lipinski definition) is 1. The SMILES string of the molecule is CC(N)/C=C/c1ccc(Cl)cc1Cl. The van der Waals surface area contributed by atoms with Crippen LogP contribution < -0.4 is 5.73 Å². The zero-order chi connectivity index (χ0) is 9.84. The van der Waals surface area contributed by atoms with Crippen LogP contribution in [-0.2, 0) is 0 Å². The molecule has 0 saturated carbocycles. The third kappa shape index (κ3) is 3.39. The van der Waals surface area contributed by atoms with Crippen LogP contribution in [0.5, 0.6) is 0 Å². The molecule has 13 heavy (non-hydrogen) atoms. The third-order valence-corrected chi connectivity index (χ3v) is 2.10. The molecule has 0 aliphatic rings. The van der Waals surface area contributed by atoms with Crippen molar-refractivity contribution < 1.29 is 0 Å². The minimum Gasteiger partial charge on any atom is -0.325 e. The Morgan fingerprint density at radius 1 is 1.38 bits per heavy atom. The first-order chi connectivity index (χ1) is 6.09. The highest BCUT2D eigenvalue weighted by molar-refractivity contribution is 6.35. The van der Waals surface area contributed by atoms with E-state index in [1.807, 2.05) is 25.1 Å². The predicted molar refractivity (Wildman–Crippen MR) is 59.1 cm³/mol. The van der Waals surface area contributed by atoms with Gasteiger partial charge in [-0.25, -0.2) is 0 Å². The number of benzene rings is 1. The van der Waals surface area contributed by atoms with Gasteiger partial charge in [-0.15, -0.1) is 0 Å². The van der Waals surface area contributed by atoms with Gasteiger partial charge in [-0.3, -0.25) is 0 Å². The minimum absolute atomic E-state index is 0.0340. The van der Waals surface area contributed by atoms with Crippen molar-refractivity contribution in [3.8, 4) is 0 Å². The summed E-state index contributed by atoms with van der Waals surface area (Å²) >= 11 is 11.7. The molecule has 1 unspecified atom stereocenters. The van der Waals surface area contributed by atoms with Crippen molar-refractivity contribution in [1.29, 1.82) is 0 Å². The Kier molecular flexibility index (Phi) is 3.79. The average molecular weight is 216 g/mol. The van der Waals surface area contributed by atoms with Crippen molar-refractivity contribution in [2.45, 2.75) is 13.0 Å². The standard InChI is InChI=1S/C10H11Cl2N/c1-7(13)2-3-8-4-5-9(11)6-10(8)12/h2-7H,13H2,1H3/b3-2+. The maximum atomic E-state index is 5.94. The van der Waals surface area contributed by atoms with Crippen LogP contribution in [0, 0.1) is 0 Å². The number of rotatable bonds is 2. The van der Waals surface area contributed by atoms with E-state index in [0.29, 0.717) is 10.0 Å². The monoisotopic (exact) mass is 215 g/mol. The first-order valence-corrected chi connectivity index (χ1v) is 4.74. The molecule has 0 radical (unpaired) electrons. The number of hydrogen-bond acceptors (Lipinski definition) is 1. The lowest BCUT2D eigenvalue weighted by Gasteiger charge is -1.99. The molecule has 0 aliphatic carbocycles. The van der Waals surface area contributed by atoms with Gasteiger partial charge in [0.1, 0.15) is 0 Å². The summed E-state index contributed by atoms with van der Waals surface area (Å²) in [7, 11) is 0. The van der Waals surface area contributed by atoms with Crippen molar-refractivity contribution in [2.24, 2.45) is 5.73 Å². The third-order valence-electron chi connectivity index (χ3n) is 1.54. The highest BCUT2D eigenvalue weighted by Crippen LogP contribution is 2.21. The maximum absolute atomic E-state index is 5.94. The van der Waals surface area contributed by atoms with Crippen molar-refractivity contribution in [3.05, 3.63) is 39.9 Å².